The van der Waals surface area contributed by atoms with Gasteiger partial charge in [0.25, 0.3) is 0 Å². The average molecular weight is 313 g/mol. The Morgan fingerprint density at radius 2 is 2.06 bits per heavy atom. The number of halogens is 1. The van der Waals surface area contributed by atoms with Crippen LogP contribution < -0.4 is 10.6 Å². The fourth-order valence-corrected chi connectivity index (χ4v) is 2.13. The predicted molar refractivity (Wildman–Crippen MR) is 71.4 cm³/mol. The van der Waals surface area contributed by atoms with Crippen molar-refractivity contribution in [3.05, 3.63) is 33.2 Å². The van der Waals surface area contributed by atoms with Crippen molar-refractivity contribution in [3.8, 4) is 0 Å². The number of hydrogen-bond donors (Lipinski definition) is 2. The molecular formula is C10H9BrN4OS. The number of pyridine rings is 1. The molecule has 17 heavy (non-hydrogen) atoms. The number of hydrogen-bond acceptors (Lipinski definition) is 4. The second-order valence-corrected chi connectivity index (χ2v) is 5.36. The summed E-state index contributed by atoms with van der Waals surface area (Å²) >= 11 is 4.62. The Morgan fingerprint density at radius 3 is 2.71 bits per heavy atom. The molecule has 0 fully saturated rings. The van der Waals surface area contributed by atoms with Gasteiger partial charge in [-0.3, -0.25) is 10.6 Å². The lowest BCUT2D eigenvalue weighted by Crippen LogP contribution is -2.20. The van der Waals surface area contributed by atoms with Gasteiger partial charge in [0.15, 0.2) is 3.92 Å². The van der Waals surface area contributed by atoms with Crippen molar-refractivity contribution in [3.63, 3.8) is 0 Å². The Balaban J connectivity index is 1.98. The summed E-state index contributed by atoms with van der Waals surface area (Å²) < 4.78 is 0.724. The highest BCUT2D eigenvalue weighted by Crippen LogP contribution is 2.19. The third-order valence-corrected chi connectivity index (χ3v) is 3.21. The number of rotatable bonds is 2. The van der Waals surface area contributed by atoms with E-state index in [-0.39, 0.29) is 6.03 Å². The van der Waals surface area contributed by atoms with Crippen molar-refractivity contribution in [2.45, 2.75) is 6.92 Å². The molecule has 2 aromatic heterocycles. The highest BCUT2D eigenvalue weighted by molar-refractivity contribution is 9.11. The largest absolute Gasteiger partial charge is 0.326 e. The van der Waals surface area contributed by atoms with Gasteiger partial charge in [-0.25, -0.2) is 14.8 Å². The molecule has 0 atom stereocenters. The van der Waals surface area contributed by atoms with Crippen LogP contribution in [0.15, 0.2) is 27.5 Å². The zero-order valence-corrected chi connectivity index (χ0v) is 11.3. The summed E-state index contributed by atoms with van der Waals surface area (Å²) in [4.78, 5) is 19.8. The number of carbonyl (C=O) groups excluding carboxylic acids is 1. The lowest BCUT2D eigenvalue weighted by Gasteiger charge is -2.04. The van der Waals surface area contributed by atoms with Crippen molar-refractivity contribution in [2.24, 2.45) is 0 Å². The summed E-state index contributed by atoms with van der Waals surface area (Å²) in [6.45, 7) is 1.86. The van der Waals surface area contributed by atoms with E-state index in [0.29, 0.717) is 11.6 Å². The zero-order chi connectivity index (χ0) is 12.3. The highest BCUT2D eigenvalue weighted by atomic mass is 79.9. The Labute approximate surface area is 110 Å². The van der Waals surface area contributed by atoms with Crippen LogP contribution in [0.2, 0.25) is 0 Å². The zero-order valence-electron chi connectivity index (χ0n) is 8.90. The third-order valence-electron chi connectivity index (χ3n) is 1.85. The average Bonchev–Trinajstić information content (AvgIpc) is 2.63. The Bertz CT molecular complexity index is 543. The van der Waals surface area contributed by atoms with Crippen LogP contribution in [-0.2, 0) is 0 Å². The van der Waals surface area contributed by atoms with Gasteiger partial charge in [0.05, 0.1) is 0 Å². The van der Waals surface area contributed by atoms with Crippen LogP contribution in [0.5, 0.6) is 0 Å². The van der Waals surface area contributed by atoms with E-state index in [1.54, 1.807) is 11.4 Å². The monoisotopic (exact) mass is 312 g/mol. The molecule has 88 valence electrons. The number of carbonyl (C=O) groups is 1. The van der Waals surface area contributed by atoms with Gasteiger partial charge < -0.3 is 0 Å². The number of aryl methyl sites for hydroxylation is 1. The number of thiazole rings is 1. The molecule has 0 saturated heterocycles. The Hall–Kier alpha value is -1.47. The number of urea groups is 1. The summed E-state index contributed by atoms with van der Waals surface area (Å²) in [5.74, 6) is 1.02. The number of anilines is 2. The van der Waals surface area contributed by atoms with Crippen LogP contribution in [0, 0.1) is 6.92 Å². The van der Waals surface area contributed by atoms with Crippen LogP contribution in [0.4, 0.5) is 16.4 Å². The molecule has 2 aromatic rings. The Kier molecular flexibility index (Phi) is 3.70. The third kappa shape index (κ3) is 3.50. The first-order valence-corrected chi connectivity index (χ1v) is 6.43. The first-order valence-electron chi connectivity index (χ1n) is 4.76. The minimum atomic E-state index is -0.360. The first kappa shape index (κ1) is 12.0. The van der Waals surface area contributed by atoms with Gasteiger partial charge in [0, 0.05) is 11.1 Å². The van der Waals surface area contributed by atoms with Gasteiger partial charge in [0.2, 0.25) is 0 Å². The molecule has 0 aromatic carbocycles. The maximum Gasteiger partial charge on any atom is 0.326 e. The molecule has 0 radical (unpaired) electrons. The van der Waals surface area contributed by atoms with Crippen molar-refractivity contribution < 1.29 is 4.79 Å². The van der Waals surface area contributed by atoms with Crippen LogP contribution in [0.25, 0.3) is 0 Å². The van der Waals surface area contributed by atoms with Gasteiger partial charge in [-0.2, -0.15) is 0 Å². The van der Waals surface area contributed by atoms with E-state index in [9.17, 15) is 4.79 Å². The second kappa shape index (κ2) is 5.24. The van der Waals surface area contributed by atoms with E-state index < -0.39 is 0 Å². The Morgan fingerprint density at radius 1 is 1.29 bits per heavy atom. The van der Waals surface area contributed by atoms with Crippen molar-refractivity contribution in [2.75, 3.05) is 10.6 Å². The maximum atomic E-state index is 11.6. The van der Waals surface area contributed by atoms with Crippen LogP contribution in [0.3, 0.4) is 0 Å². The van der Waals surface area contributed by atoms with Crippen molar-refractivity contribution in [1.29, 1.82) is 0 Å². The summed E-state index contributed by atoms with van der Waals surface area (Å²) in [5.41, 5.74) is 0.846. The minimum Gasteiger partial charge on any atom is -0.292 e. The normalized spacial score (nSPS) is 10.0. The predicted octanol–water partition coefficient (Wildman–Crippen LogP) is 3.25. The SMILES string of the molecule is Cc1cccc(NC(=O)Nc2csc(Br)n2)n1. The van der Waals surface area contributed by atoms with Crippen molar-refractivity contribution in [1.82, 2.24) is 9.97 Å². The molecule has 0 unspecified atom stereocenters. The van der Waals surface area contributed by atoms with Crippen molar-refractivity contribution >= 4 is 44.9 Å². The van der Waals surface area contributed by atoms with Crippen LogP contribution in [-0.4, -0.2) is 16.0 Å². The standard InChI is InChI=1S/C10H9BrN4OS/c1-6-3-2-4-7(12-6)14-10(16)15-8-5-17-9(11)13-8/h2-5H,1H3,(H2,12,14,15,16). The lowest BCUT2D eigenvalue weighted by molar-refractivity contribution is 0.262. The van der Waals surface area contributed by atoms with Gasteiger partial charge >= 0.3 is 6.03 Å². The molecule has 0 aliphatic heterocycles. The smallest absolute Gasteiger partial charge is 0.292 e. The maximum absolute atomic E-state index is 11.6. The molecule has 0 saturated carbocycles. The van der Waals surface area contributed by atoms with Crippen LogP contribution in [0.1, 0.15) is 5.69 Å². The molecular weight excluding hydrogens is 304 g/mol. The van der Waals surface area contributed by atoms with Gasteiger partial charge in [-0.1, -0.05) is 6.07 Å². The van der Waals surface area contributed by atoms with E-state index in [4.69, 9.17) is 0 Å². The summed E-state index contributed by atoms with van der Waals surface area (Å²) in [6, 6.07) is 5.06. The fraction of sp³-hybridized carbons (Fsp3) is 0.100. The highest BCUT2D eigenvalue weighted by Gasteiger charge is 2.05. The van der Waals surface area contributed by atoms with E-state index >= 15 is 0 Å². The molecule has 0 aliphatic rings. The number of nitrogens with zero attached hydrogens (tertiary/aromatic N) is 2. The fourth-order valence-electron chi connectivity index (χ4n) is 1.19. The molecule has 0 spiro atoms. The topological polar surface area (TPSA) is 66.9 Å². The summed E-state index contributed by atoms with van der Waals surface area (Å²) in [5, 5.41) is 6.98. The van der Waals surface area contributed by atoms with E-state index in [1.165, 1.54) is 11.3 Å². The first-order chi connectivity index (χ1) is 8.13. The van der Waals surface area contributed by atoms with E-state index in [2.05, 4.69) is 36.5 Å². The van der Waals surface area contributed by atoms with E-state index in [0.717, 1.165) is 9.61 Å². The summed E-state index contributed by atoms with van der Waals surface area (Å²) in [7, 11) is 0. The molecule has 2 heterocycles. The number of amides is 2. The van der Waals surface area contributed by atoms with Gasteiger partial charge in [-0.05, 0) is 35.0 Å². The molecule has 0 bridgehead atoms. The molecule has 2 rings (SSSR count). The number of aromatic nitrogens is 2. The lowest BCUT2D eigenvalue weighted by atomic mass is 10.4. The minimum absolute atomic E-state index is 0.360. The van der Waals surface area contributed by atoms with E-state index in [1.807, 2.05) is 19.1 Å². The molecule has 5 nitrogen and oxygen atoms in total. The molecule has 2 amide bonds. The quantitative estimate of drug-likeness (QED) is 0.894. The molecule has 7 heteroatoms. The van der Waals surface area contributed by atoms with Gasteiger partial charge in [0.1, 0.15) is 11.6 Å². The van der Waals surface area contributed by atoms with Gasteiger partial charge in [-0.15, -0.1) is 11.3 Å². The molecule has 0 aliphatic carbocycles. The second-order valence-electron chi connectivity index (χ2n) is 3.23. The number of nitrogens with one attached hydrogen (secondary N) is 2. The van der Waals surface area contributed by atoms with Crippen LogP contribution >= 0.6 is 27.3 Å². The summed E-state index contributed by atoms with van der Waals surface area (Å²) in [6.07, 6.45) is 0. The molecule has 2 N–H and O–H groups in total.